The van der Waals surface area contributed by atoms with Crippen LogP contribution in [-0.4, -0.2) is 38.3 Å². The molecule has 1 aliphatic carbocycles. The third-order valence-electron chi connectivity index (χ3n) is 4.61. The van der Waals surface area contributed by atoms with Crippen LogP contribution in [0.1, 0.15) is 33.1 Å². The van der Waals surface area contributed by atoms with Crippen molar-refractivity contribution in [1.29, 1.82) is 0 Å². The summed E-state index contributed by atoms with van der Waals surface area (Å²) >= 11 is 3.93. The van der Waals surface area contributed by atoms with Crippen LogP contribution in [0.3, 0.4) is 0 Å². The molecule has 1 saturated carbocycles. The number of carbonyl (C=O) groups excluding carboxylic acids is 2. The molecule has 11 heteroatoms. The zero-order valence-electron chi connectivity index (χ0n) is 16.9. The number of aromatic nitrogens is 3. The number of benzene rings is 1. The lowest BCUT2D eigenvalue weighted by Gasteiger charge is -2.17. The third kappa shape index (κ3) is 5.28. The lowest BCUT2D eigenvalue weighted by molar-refractivity contribution is -0.118. The number of hydrogen-bond acceptors (Lipinski definition) is 8. The van der Waals surface area contributed by atoms with Crippen molar-refractivity contribution < 1.29 is 14.0 Å². The number of nitrogens with zero attached hydrogens (tertiary/aromatic N) is 4. The van der Waals surface area contributed by atoms with Crippen molar-refractivity contribution in [2.75, 3.05) is 10.2 Å². The molecule has 3 aromatic rings. The first-order valence-corrected chi connectivity index (χ1v) is 12.4. The molecule has 1 fully saturated rings. The van der Waals surface area contributed by atoms with Gasteiger partial charge in [0.25, 0.3) is 0 Å². The Morgan fingerprint density at radius 1 is 1.29 bits per heavy atom. The Morgan fingerprint density at radius 3 is 2.71 bits per heavy atom. The van der Waals surface area contributed by atoms with Crippen molar-refractivity contribution in [3.63, 3.8) is 0 Å². The van der Waals surface area contributed by atoms with Gasteiger partial charge in [-0.25, -0.2) is 9.37 Å². The molecule has 0 radical (unpaired) electrons. The van der Waals surface area contributed by atoms with Crippen LogP contribution < -0.4 is 10.2 Å². The van der Waals surface area contributed by atoms with Crippen molar-refractivity contribution in [3.8, 4) is 11.3 Å². The van der Waals surface area contributed by atoms with E-state index in [9.17, 15) is 14.0 Å². The summed E-state index contributed by atoms with van der Waals surface area (Å²) in [6.07, 6.45) is 2.39. The number of thioether (sulfide) groups is 1. The molecular formula is C20H20FN5O2S3. The van der Waals surface area contributed by atoms with Gasteiger partial charge in [-0.1, -0.05) is 30.0 Å². The summed E-state index contributed by atoms with van der Waals surface area (Å²) in [5.74, 6) is -0.468. The van der Waals surface area contributed by atoms with E-state index in [2.05, 4.69) is 20.5 Å². The van der Waals surface area contributed by atoms with E-state index in [1.54, 1.807) is 24.0 Å². The average molecular weight is 478 g/mol. The lowest BCUT2D eigenvalue weighted by Crippen LogP contribution is -2.32. The number of nitrogens with one attached hydrogen (secondary N) is 1. The highest BCUT2D eigenvalue weighted by Crippen LogP contribution is 2.37. The molecular weight excluding hydrogens is 457 g/mol. The fourth-order valence-corrected chi connectivity index (χ4v) is 5.61. The zero-order chi connectivity index (χ0) is 22.0. The van der Waals surface area contributed by atoms with Crippen molar-refractivity contribution >= 4 is 56.5 Å². The number of halogens is 1. The number of anilines is 2. The summed E-state index contributed by atoms with van der Waals surface area (Å²) in [5, 5.41) is 13.6. The molecule has 7 nitrogen and oxygen atoms in total. The number of hydrogen-bond donors (Lipinski definition) is 1. The average Bonchev–Trinajstić information content (AvgIpc) is 3.30. The smallest absolute Gasteiger partial charge is 0.239 e. The summed E-state index contributed by atoms with van der Waals surface area (Å²) in [7, 11) is 0. The molecule has 31 heavy (non-hydrogen) atoms. The molecule has 1 unspecified atom stereocenters. The Labute approximate surface area is 191 Å². The molecule has 0 aliphatic heterocycles. The highest BCUT2D eigenvalue weighted by Gasteiger charge is 2.35. The van der Waals surface area contributed by atoms with Gasteiger partial charge in [-0.2, -0.15) is 0 Å². The van der Waals surface area contributed by atoms with Gasteiger partial charge in [0.05, 0.1) is 10.9 Å². The number of thiazole rings is 1. The van der Waals surface area contributed by atoms with E-state index in [0.717, 1.165) is 18.4 Å². The molecule has 2 amide bonds. The van der Waals surface area contributed by atoms with Crippen LogP contribution in [0, 0.1) is 5.82 Å². The van der Waals surface area contributed by atoms with E-state index in [1.165, 1.54) is 46.6 Å². The second kappa shape index (κ2) is 9.41. The standard InChI is InChI=1S/C20H20FN5O2S3/c1-3-16(27)26(14-8-9-14)19-24-25-20(31-19)30-11(2)17(28)23-18-22-15(10-29-18)12-4-6-13(21)7-5-12/h4-7,10-11,14H,3,8-9H2,1-2H3,(H,22,23,28). The minimum atomic E-state index is -0.421. The number of rotatable bonds is 8. The van der Waals surface area contributed by atoms with Crippen molar-refractivity contribution in [3.05, 3.63) is 35.5 Å². The van der Waals surface area contributed by atoms with Crippen molar-refractivity contribution in [1.82, 2.24) is 15.2 Å². The molecule has 0 spiro atoms. The first-order chi connectivity index (χ1) is 14.9. The maximum Gasteiger partial charge on any atom is 0.239 e. The Morgan fingerprint density at radius 2 is 2.03 bits per heavy atom. The minimum absolute atomic E-state index is 0.0433. The van der Waals surface area contributed by atoms with Gasteiger partial charge in [0, 0.05) is 23.4 Å². The Hall–Kier alpha value is -2.37. The molecule has 1 atom stereocenters. The highest BCUT2D eigenvalue weighted by molar-refractivity contribution is 8.02. The fraction of sp³-hybridized carbons (Fsp3) is 0.350. The fourth-order valence-electron chi connectivity index (χ4n) is 2.81. The van der Waals surface area contributed by atoms with E-state index >= 15 is 0 Å². The van der Waals surface area contributed by atoms with Gasteiger partial charge in [-0.05, 0) is 44.0 Å². The van der Waals surface area contributed by atoms with Crippen LogP contribution in [0.4, 0.5) is 14.7 Å². The molecule has 2 aromatic heterocycles. The minimum Gasteiger partial charge on any atom is -0.301 e. The molecule has 0 bridgehead atoms. The predicted octanol–water partition coefficient (Wildman–Crippen LogP) is 4.83. The summed E-state index contributed by atoms with van der Waals surface area (Å²) in [6, 6.07) is 6.27. The highest BCUT2D eigenvalue weighted by atomic mass is 32.2. The van der Waals surface area contributed by atoms with Gasteiger partial charge in [0.2, 0.25) is 16.9 Å². The van der Waals surface area contributed by atoms with Crippen LogP contribution >= 0.6 is 34.4 Å². The normalized spacial score (nSPS) is 14.3. The van der Waals surface area contributed by atoms with E-state index in [1.807, 2.05) is 12.3 Å². The largest absolute Gasteiger partial charge is 0.301 e. The van der Waals surface area contributed by atoms with E-state index < -0.39 is 5.25 Å². The van der Waals surface area contributed by atoms with Crippen LogP contribution in [0.25, 0.3) is 11.3 Å². The van der Waals surface area contributed by atoms with Crippen LogP contribution in [0.2, 0.25) is 0 Å². The van der Waals surface area contributed by atoms with Crippen LogP contribution in [0.15, 0.2) is 34.0 Å². The van der Waals surface area contributed by atoms with Gasteiger partial charge in [-0.15, -0.1) is 21.5 Å². The monoisotopic (exact) mass is 477 g/mol. The maximum absolute atomic E-state index is 13.1. The second-order valence-corrected chi connectivity index (χ2v) is 10.4. The van der Waals surface area contributed by atoms with Gasteiger partial charge in [0.15, 0.2) is 9.47 Å². The van der Waals surface area contributed by atoms with Crippen molar-refractivity contribution in [2.45, 2.75) is 48.7 Å². The predicted molar refractivity (Wildman–Crippen MR) is 122 cm³/mol. The third-order valence-corrected chi connectivity index (χ3v) is 7.47. The first kappa shape index (κ1) is 21.8. The Balaban J connectivity index is 1.37. The topological polar surface area (TPSA) is 88.1 Å². The second-order valence-electron chi connectivity index (χ2n) is 6.99. The van der Waals surface area contributed by atoms with E-state index in [0.29, 0.717) is 26.7 Å². The summed E-state index contributed by atoms with van der Waals surface area (Å²) in [5.41, 5.74) is 1.46. The Kier molecular flexibility index (Phi) is 6.63. The first-order valence-electron chi connectivity index (χ1n) is 9.79. The van der Waals surface area contributed by atoms with Gasteiger partial charge in [-0.3, -0.25) is 14.5 Å². The lowest BCUT2D eigenvalue weighted by atomic mass is 10.2. The summed E-state index contributed by atoms with van der Waals surface area (Å²) in [4.78, 5) is 31.0. The molecule has 0 saturated heterocycles. The van der Waals surface area contributed by atoms with Crippen LogP contribution in [0.5, 0.6) is 0 Å². The molecule has 1 aliphatic rings. The quantitative estimate of drug-likeness (QED) is 0.369. The van der Waals surface area contributed by atoms with Crippen molar-refractivity contribution in [2.24, 2.45) is 0 Å². The maximum atomic E-state index is 13.1. The SMILES string of the molecule is CCC(=O)N(c1nnc(SC(C)C(=O)Nc2nc(-c3ccc(F)cc3)cs2)s1)C1CC1. The molecule has 1 N–H and O–H groups in total. The van der Waals surface area contributed by atoms with Crippen LogP contribution in [-0.2, 0) is 9.59 Å². The van der Waals surface area contributed by atoms with Gasteiger partial charge >= 0.3 is 0 Å². The molecule has 162 valence electrons. The van der Waals surface area contributed by atoms with E-state index in [-0.39, 0.29) is 23.7 Å². The van der Waals surface area contributed by atoms with E-state index in [4.69, 9.17) is 0 Å². The zero-order valence-corrected chi connectivity index (χ0v) is 19.3. The number of amides is 2. The van der Waals surface area contributed by atoms with Gasteiger partial charge in [0.1, 0.15) is 5.82 Å². The molecule has 1 aromatic carbocycles. The Bertz CT molecular complexity index is 1080. The van der Waals surface area contributed by atoms with Gasteiger partial charge < -0.3 is 5.32 Å². The molecule has 4 rings (SSSR count). The summed E-state index contributed by atoms with van der Waals surface area (Å²) < 4.78 is 13.7. The number of carbonyl (C=O) groups is 2. The summed E-state index contributed by atoms with van der Waals surface area (Å²) in [6.45, 7) is 3.62. The molecule has 2 heterocycles.